The number of imidazole rings is 1. The zero-order valence-electron chi connectivity index (χ0n) is 14.3. The Morgan fingerprint density at radius 2 is 1.96 bits per heavy atom. The zero-order chi connectivity index (χ0) is 18.1. The third kappa shape index (κ3) is 2.10. The van der Waals surface area contributed by atoms with Gasteiger partial charge in [-0.25, -0.2) is 8.78 Å². The van der Waals surface area contributed by atoms with E-state index in [0.29, 0.717) is 16.9 Å². The number of hydrogen-bond acceptors (Lipinski definition) is 1. The van der Waals surface area contributed by atoms with E-state index in [0.717, 1.165) is 17.8 Å². The normalized spacial score (nSPS) is 24.2. The summed E-state index contributed by atoms with van der Waals surface area (Å²) < 4.78 is 30.9. The van der Waals surface area contributed by atoms with Crippen LogP contribution in [0.25, 0.3) is 0 Å². The smallest absolute Gasteiger partial charge is 0.177 e. The summed E-state index contributed by atoms with van der Waals surface area (Å²) >= 11 is 5.54. The number of hydrogen-bond donors (Lipinski definition) is 1. The molecular formula is C21H18F2N2S. The highest BCUT2D eigenvalue weighted by Gasteiger charge is 2.63. The van der Waals surface area contributed by atoms with Crippen molar-refractivity contribution < 1.29 is 8.78 Å². The summed E-state index contributed by atoms with van der Waals surface area (Å²) in [6, 6.07) is 14.0. The molecule has 0 spiro atoms. The molecule has 2 nitrogen and oxygen atoms in total. The van der Waals surface area contributed by atoms with E-state index < -0.39 is 0 Å². The molecular weight excluding hydrogens is 350 g/mol. The van der Waals surface area contributed by atoms with Crippen LogP contribution in [0.3, 0.4) is 0 Å². The van der Waals surface area contributed by atoms with Crippen LogP contribution in [0.2, 0.25) is 0 Å². The average Bonchev–Trinajstić information content (AvgIpc) is 3.14. The minimum Gasteiger partial charge on any atom is -0.334 e. The SMILES string of the molecule is CC(c1ccccc1)c1[nH]c(=S)n2c1[C@@H]1C[C@]1(c1cc(F)ccc1F)C2. The van der Waals surface area contributed by atoms with E-state index in [1.54, 1.807) is 0 Å². The van der Waals surface area contributed by atoms with Crippen LogP contribution in [0.15, 0.2) is 48.5 Å². The largest absolute Gasteiger partial charge is 0.334 e. The maximum atomic E-state index is 14.4. The summed E-state index contributed by atoms with van der Waals surface area (Å²) in [5.41, 5.74) is 3.61. The standard InChI is InChI=1S/C21H18F2N2S/c1-12(13-5-3-2-4-6-13)18-19-16-10-21(16,11-25(19)20(26)24-18)15-9-14(22)7-8-17(15)23/h2-9,12,16H,10-11H2,1H3,(H,24,26)/t12?,16-,21+/m0/s1. The highest BCUT2D eigenvalue weighted by molar-refractivity contribution is 7.71. The molecule has 3 aromatic rings. The summed E-state index contributed by atoms with van der Waals surface area (Å²) in [7, 11) is 0. The van der Waals surface area contributed by atoms with E-state index in [2.05, 4.69) is 28.6 Å². The Morgan fingerprint density at radius 1 is 1.19 bits per heavy atom. The van der Waals surface area contributed by atoms with Gasteiger partial charge < -0.3 is 9.55 Å². The number of aromatic amines is 1. The minimum absolute atomic E-state index is 0.169. The molecule has 1 aliphatic carbocycles. The number of benzene rings is 2. The lowest BCUT2D eigenvalue weighted by Crippen LogP contribution is -2.14. The number of nitrogens with one attached hydrogen (secondary N) is 1. The predicted octanol–water partition coefficient (Wildman–Crippen LogP) is 5.41. The second kappa shape index (κ2) is 5.36. The Morgan fingerprint density at radius 3 is 2.73 bits per heavy atom. The first-order chi connectivity index (χ1) is 12.5. The monoisotopic (exact) mass is 368 g/mol. The van der Waals surface area contributed by atoms with Crippen molar-refractivity contribution in [3.05, 3.63) is 87.5 Å². The van der Waals surface area contributed by atoms with Gasteiger partial charge in [0.1, 0.15) is 11.6 Å². The van der Waals surface area contributed by atoms with Crippen molar-refractivity contribution in [2.45, 2.75) is 37.1 Å². The van der Waals surface area contributed by atoms with E-state index in [-0.39, 0.29) is 28.9 Å². The van der Waals surface area contributed by atoms with Crippen molar-refractivity contribution >= 4 is 12.2 Å². The van der Waals surface area contributed by atoms with Gasteiger partial charge in [-0.15, -0.1) is 0 Å². The molecule has 2 aromatic carbocycles. The maximum absolute atomic E-state index is 14.4. The minimum atomic E-state index is -0.388. The van der Waals surface area contributed by atoms with Crippen molar-refractivity contribution in [1.29, 1.82) is 0 Å². The first-order valence-electron chi connectivity index (χ1n) is 8.84. The van der Waals surface area contributed by atoms with E-state index in [1.165, 1.54) is 23.8 Å². The van der Waals surface area contributed by atoms with Crippen LogP contribution in [0.5, 0.6) is 0 Å². The molecule has 26 heavy (non-hydrogen) atoms. The second-order valence-corrected chi connectivity index (χ2v) is 7.87. The van der Waals surface area contributed by atoms with Crippen molar-refractivity contribution in [2.75, 3.05) is 0 Å². The van der Waals surface area contributed by atoms with E-state index in [9.17, 15) is 8.78 Å². The summed E-state index contributed by atoms with van der Waals surface area (Å²) in [5, 5.41) is 0. The van der Waals surface area contributed by atoms with Gasteiger partial charge in [0.05, 0.1) is 0 Å². The fraction of sp³-hybridized carbons (Fsp3) is 0.286. The van der Waals surface area contributed by atoms with Crippen LogP contribution in [-0.4, -0.2) is 9.55 Å². The van der Waals surface area contributed by atoms with Crippen molar-refractivity contribution in [3.63, 3.8) is 0 Å². The average molecular weight is 368 g/mol. The highest BCUT2D eigenvalue weighted by Crippen LogP contribution is 2.67. The van der Waals surface area contributed by atoms with Gasteiger partial charge in [-0.05, 0) is 48.0 Å². The van der Waals surface area contributed by atoms with Gasteiger partial charge in [-0.1, -0.05) is 37.3 Å². The van der Waals surface area contributed by atoms with Crippen molar-refractivity contribution in [3.8, 4) is 0 Å². The Bertz CT molecular complexity index is 1070. The van der Waals surface area contributed by atoms with Gasteiger partial charge in [0.2, 0.25) is 0 Å². The molecule has 2 heterocycles. The van der Waals surface area contributed by atoms with E-state index in [4.69, 9.17) is 12.2 Å². The molecule has 1 unspecified atom stereocenters. The van der Waals surface area contributed by atoms with Gasteiger partial charge in [0.25, 0.3) is 0 Å². The van der Waals surface area contributed by atoms with Crippen molar-refractivity contribution in [1.82, 2.24) is 9.55 Å². The fourth-order valence-corrected chi connectivity index (χ4v) is 4.93. The van der Waals surface area contributed by atoms with Crippen LogP contribution >= 0.6 is 12.2 Å². The number of aromatic nitrogens is 2. The molecule has 5 rings (SSSR count). The number of fused-ring (bicyclic) bond motifs is 3. The molecule has 1 aliphatic heterocycles. The molecule has 1 saturated carbocycles. The molecule has 132 valence electrons. The lowest BCUT2D eigenvalue weighted by Gasteiger charge is -2.14. The number of rotatable bonds is 3. The Hall–Kier alpha value is -2.27. The molecule has 0 radical (unpaired) electrons. The first-order valence-corrected chi connectivity index (χ1v) is 9.25. The van der Waals surface area contributed by atoms with E-state index in [1.807, 2.05) is 18.2 Å². The Kier molecular flexibility index (Phi) is 3.29. The van der Waals surface area contributed by atoms with Gasteiger partial charge in [0, 0.05) is 35.2 Å². The summed E-state index contributed by atoms with van der Waals surface area (Å²) in [6.45, 7) is 2.77. The van der Waals surface area contributed by atoms with Crippen molar-refractivity contribution in [2.24, 2.45) is 0 Å². The van der Waals surface area contributed by atoms with Gasteiger partial charge in [-0.2, -0.15) is 0 Å². The molecule has 0 bridgehead atoms. The lowest BCUT2D eigenvalue weighted by molar-refractivity contribution is 0.520. The van der Waals surface area contributed by atoms with Crippen LogP contribution in [0.1, 0.15) is 47.7 Å². The van der Waals surface area contributed by atoms with Gasteiger partial charge in [0.15, 0.2) is 4.77 Å². The zero-order valence-corrected chi connectivity index (χ0v) is 15.1. The number of H-pyrrole nitrogens is 1. The Labute approximate surface area is 155 Å². The molecule has 1 N–H and O–H groups in total. The molecule has 0 amide bonds. The van der Waals surface area contributed by atoms with Gasteiger partial charge >= 0.3 is 0 Å². The molecule has 1 aromatic heterocycles. The lowest BCUT2D eigenvalue weighted by atomic mass is 9.91. The summed E-state index contributed by atoms with van der Waals surface area (Å²) in [5.74, 6) is -0.357. The summed E-state index contributed by atoms with van der Waals surface area (Å²) in [4.78, 5) is 3.38. The second-order valence-electron chi connectivity index (χ2n) is 7.48. The van der Waals surface area contributed by atoms with E-state index >= 15 is 0 Å². The number of nitrogens with zero attached hydrogens (tertiary/aromatic N) is 1. The topological polar surface area (TPSA) is 20.7 Å². The van der Waals surface area contributed by atoms with Crippen LogP contribution in [0, 0.1) is 16.4 Å². The fourth-order valence-electron chi connectivity index (χ4n) is 4.66. The van der Waals surface area contributed by atoms with Gasteiger partial charge in [-0.3, -0.25) is 0 Å². The maximum Gasteiger partial charge on any atom is 0.177 e. The van der Waals surface area contributed by atoms with Crippen LogP contribution in [0.4, 0.5) is 8.78 Å². The molecule has 3 atom stereocenters. The quantitative estimate of drug-likeness (QED) is 0.613. The van der Waals surface area contributed by atoms with Crippen LogP contribution < -0.4 is 0 Å². The van der Waals surface area contributed by atoms with Crippen LogP contribution in [-0.2, 0) is 12.0 Å². The third-order valence-corrected chi connectivity index (χ3v) is 6.42. The number of halogens is 2. The first kappa shape index (κ1) is 15.9. The molecule has 5 heteroatoms. The molecule has 0 saturated heterocycles. The highest BCUT2D eigenvalue weighted by atomic mass is 32.1. The predicted molar refractivity (Wildman–Crippen MR) is 99.0 cm³/mol. The molecule has 1 fully saturated rings. The Balaban J connectivity index is 1.59. The molecule has 2 aliphatic rings. The third-order valence-electron chi connectivity index (χ3n) is 6.10. The summed E-state index contributed by atoms with van der Waals surface area (Å²) in [6.07, 6.45) is 0.842.